The molecule has 0 bridgehead atoms. The van der Waals surface area contributed by atoms with E-state index in [2.05, 4.69) is 4.98 Å². The number of para-hydroxylation sites is 1. The number of fused-ring (bicyclic) bond motifs is 1. The summed E-state index contributed by atoms with van der Waals surface area (Å²) in [6.45, 7) is 3.46. The van der Waals surface area contributed by atoms with E-state index in [1.165, 1.54) is 0 Å². The molecule has 0 spiro atoms. The lowest BCUT2D eigenvalue weighted by Gasteiger charge is -2.22. The highest BCUT2D eigenvalue weighted by Crippen LogP contribution is 2.33. The van der Waals surface area contributed by atoms with Crippen molar-refractivity contribution in [1.29, 1.82) is 0 Å². The second kappa shape index (κ2) is 5.26. The van der Waals surface area contributed by atoms with Gasteiger partial charge in [0.2, 0.25) is 0 Å². The number of rotatable bonds is 3. The predicted octanol–water partition coefficient (Wildman–Crippen LogP) is 4.26. The number of nitrogens with zero attached hydrogens (tertiary/aromatic N) is 1. The first-order chi connectivity index (χ1) is 10.5. The molecule has 2 aromatic carbocycles. The third-order valence-corrected chi connectivity index (χ3v) is 3.99. The summed E-state index contributed by atoms with van der Waals surface area (Å²) < 4.78 is 0. The van der Waals surface area contributed by atoms with Gasteiger partial charge in [0, 0.05) is 10.9 Å². The van der Waals surface area contributed by atoms with E-state index in [9.17, 15) is 9.90 Å². The summed E-state index contributed by atoms with van der Waals surface area (Å²) in [5.74, 6) is -0.845. The highest BCUT2D eigenvalue weighted by atomic mass is 16.4. The van der Waals surface area contributed by atoms with Crippen molar-refractivity contribution in [2.75, 3.05) is 0 Å². The number of carboxylic acids is 1. The summed E-state index contributed by atoms with van der Waals surface area (Å²) in [4.78, 5) is 16.4. The van der Waals surface area contributed by atoms with Crippen LogP contribution >= 0.6 is 0 Å². The Bertz CT molecular complexity index is 838. The molecule has 0 aliphatic carbocycles. The van der Waals surface area contributed by atoms with Crippen LogP contribution in [0.4, 0.5) is 0 Å². The Morgan fingerprint density at radius 1 is 1.00 bits per heavy atom. The van der Waals surface area contributed by atoms with Crippen LogP contribution in [0.25, 0.3) is 22.2 Å². The normalized spacial score (nSPS) is 11.5. The second-order valence-corrected chi connectivity index (χ2v) is 5.87. The molecule has 1 aromatic heterocycles. The zero-order valence-corrected chi connectivity index (χ0v) is 12.6. The van der Waals surface area contributed by atoms with E-state index < -0.39 is 11.4 Å². The molecule has 0 saturated carbocycles. The lowest BCUT2D eigenvalue weighted by Crippen LogP contribution is -2.29. The maximum atomic E-state index is 11.7. The topological polar surface area (TPSA) is 50.2 Å². The number of aliphatic carboxylic acids is 1. The average molecular weight is 291 g/mol. The minimum Gasteiger partial charge on any atom is -0.481 e. The van der Waals surface area contributed by atoms with E-state index in [1.807, 2.05) is 60.7 Å². The van der Waals surface area contributed by atoms with Gasteiger partial charge in [-0.2, -0.15) is 0 Å². The number of carbonyl (C=O) groups is 1. The number of hydrogen-bond acceptors (Lipinski definition) is 2. The van der Waals surface area contributed by atoms with Crippen LogP contribution in [0.5, 0.6) is 0 Å². The number of pyridine rings is 1. The summed E-state index contributed by atoms with van der Waals surface area (Å²) in [6.07, 6.45) is 0. The molecule has 3 rings (SSSR count). The molecule has 0 aliphatic heterocycles. The number of benzene rings is 2. The van der Waals surface area contributed by atoms with Crippen molar-refractivity contribution in [3.05, 3.63) is 66.2 Å². The first kappa shape index (κ1) is 14.3. The Labute approximate surface area is 129 Å². The van der Waals surface area contributed by atoms with E-state index in [0.29, 0.717) is 0 Å². The zero-order valence-electron chi connectivity index (χ0n) is 12.6. The molecule has 22 heavy (non-hydrogen) atoms. The Morgan fingerprint density at radius 2 is 1.64 bits per heavy atom. The first-order valence-electron chi connectivity index (χ1n) is 7.19. The minimum atomic E-state index is -0.980. The first-order valence-corrected chi connectivity index (χ1v) is 7.19. The van der Waals surface area contributed by atoms with Crippen molar-refractivity contribution in [2.45, 2.75) is 19.3 Å². The smallest absolute Gasteiger partial charge is 0.313 e. The van der Waals surface area contributed by atoms with Gasteiger partial charge >= 0.3 is 5.97 Å². The van der Waals surface area contributed by atoms with E-state index in [4.69, 9.17) is 0 Å². The van der Waals surface area contributed by atoms with Gasteiger partial charge in [0.05, 0.1) is 16.6 Å². The number of aromatic nitrogens is 1. The fourth-order valence-electron chi connectivity index (χ4n) is 2.56. The molecule has 3 aromatic rings. The molecule has 1 N–H and O–H groups in total. The van der Waals surface area contributed by atoms with Crippen LogP contribution in [0.15, 0.2) is 60.7 Å². The van der Waals surface area contributed by atoms with Gasteiger partial charge in [0.25, 0.3) is 0 Å². The Hall–Kier alpha value is -2.68. The summed E-state index contributed by atoms with van der Waals surface area (Å²) in [5, 5.41) is 10.5. The molecule has 0 radical (unpaired) electrons. The van der Waals surface area contributed by atoms with Crippen LogP contribution in [-0.2, 0) is 10.2 Å². The van der Waals surface area contributed by atoms with Crippen LogP contribution in [0, 0.1) is 0 Å². The molecular weight excluding hydrogens is 274 g/mol. The van der Waals surface area contributed by atoms with Gasteiger partial charge < -0.3 is 5.11 Å². The standard InChI is InChI=1S/C19H17NO2/c1-19(2,18(21)22)15-12-17(13-8-4-3-5-9-13)20-16-11-7-6-10-14(15)16/h3-12H,1-2H3,(H,21,22). The van der Waals surface area contributed by atoms with Gasteiger partial charge in [0.15, 0.2) is 0 Å². The van der Waals surface area contributed by atoms with Crippen LogP contribution in [0.2, 0.25) is 0 Å². The Balaban J connectivity index is 2.33. The monoisotopic (exact) mass is 291 g/mol. The number of carboxylic acid groups (broad SMARTS) is 1. The third-order valence-electron chi connectivity index (χ3n) is 3.99. The van der Waals surface area contributed by atoms with Gasteiger partial charge in [0.1, 0.15) is 0 Å². The van der Waals surface area contributed by atoms with Gasteiger partial charge in [-0.1, -0.05) is 48.5 Å². The molecule has 3 nitrogen and oxygen atoms in total. The van der Waals surface area contributed by atoms with E-state index in [1.54, 1.807) is 13.8 Å². The predicted molar refractivity (Wildman–Crippen MR) is 87.8 cm³/mol. The van der Waals surface area contributed by atoms with Crippen LogP contribution < -0.4 is 0 Å². The van der Waals surface area contributed by atoms with Gasteiger partial charge in [-0.3, -0.25) is 4.79 Å². The van der Waals surface area contributed by atoms with E-state index in [0.717, 1.165) is 27.7 Å². The van der Waals surface area contributed by atoms with Gasteiger partial charge in [-0.05, 0) is 31.5 Å². The summed E-state index contributed by atoms with van der Waals surface area (Å²) in [6, 6.07) is 19.4. The molecule has 0 aliphatic rings. The maximum Gasteiger partial charge on any atom is 0.313 e. The van der Waals surface area contributed by atoms with Crippen LogP contribution in [-0.4, -0.2) is 16.1 Å². The lowest BCUT2D eigenvalue weighted by molar-refractivity contribution is -0.142. The minimum absolute atomic E-state index is 0.782. The maximum absolute atomic E-state index is 11.7. The molecular formula is C19H17NO2. The summed E-state index contributed by atoms with van der Waals surface area (Å²) in [7, 11) is 0. The molecule has 0 unspecified atom stereocenters. The second-order valence-electron chi connectivity index (χ2n) is 5.87. The van der Waals surface area contributed by atoms with E-state index in [-0.39, 0.29) is 0 Å². The van der Waals surface area contributed by atoms with Crippen molar-refractivity contribution in [2.24, 2.45) is 0 Å². The largest absolute Gasteiger partial charge is 0.481 e. The highest BCUT2D eigenvalue weighted by molar-refractivity contribution is 5.92. The summed E-state index contributed by atoms with van der Waals surface area (Å²) in [5.41, 5.74) is 2.39. The van der Waals surface area contributed by atoms with Gasteiger partial charge in [-0.25, -0.2) is 4.98 Å². The van der Waals surface area contributed by atoms with Crippen molar-refractivity contribution in [3.63, 3.8) is 0 Å². The highest BCUT2D eigenvalue weighted by Gasteiger charge is 2.31. The molecule has 0 atom stereocenters. The SMILES string of the molecule is CC(C)(C(=O)O)c1cc(-c2ccccc2)nc2ccccc12. The van der Waals surface area contributed by atoms with Gasteiger partial charge in [-0.15, -0.1) is 0 Å². The van der Waals surface area contributed by atoms with Crippen molar-refractivity contribution < 1.29 is 9.90 Å². The van der Waals surface area contributed by atoms with E-state index >= 15 is 0 Å². The molecule has 3 heteroatoms. The van der Waals surface area contributed by atoms with Crippen LogP contribution in [0.1, 0.15) is 19.4 Å². The Kier molecular flexibility index (Phi) is 3.41. The van der Waals surface area contributed by atoms with Crippen LogP contribution in [0.3, 0.4) is 0 Å². The fourth-order valence-corrected chi connectivity index (χ4v) is 2.56. The number of hydrogen-bond donors (Lipinski definition) is 1. The Morgan fingerprint density at radius 3 is 2.32 bits per heavy atom. The third kappa shape index (κ3) is 2.35. The van der Waals surface area contributed by atoms with Crippen molar-refractivity contribution in [1.82, 2.24) is 4.98 Å². The summed E-state index contributed by atoms with van der Waals surface area (Å²) >= 11 is 0. The zero-order chi connectivity index (χ0) is 15.7. The molecule has 110 valence electrons. The fraction of sp³-hybridized carbons (Fsp3) is 0.158. The molecule has 0 saturated heterocycles. The average Bonchev–Trinajstić information content (AvgIpc) is 2.54. The molecule has 1 heterocycles. The molecule has 0 fully saturated rings. The lowest BCUT2D eigenvalue weighted by atomic mass is 9.82. The quantitative estimate of drug-likeness (QED) is 0.784. The molecule has 0 amide bonds. The van der Waals surface area contributed by atoms with Crippen molar-refractivity contribution >= 4 is 16.9 Å². The van der Waals surface area contributed by atoms with Crippen molar-refractivity contribution in [3.8, 4) is 11.3 Å².